The second-order valence-electron chi connectivity index (χ2n) is 2.95. The molecule has 3 aromatic heterocycles. The van der Waals surface area contributed by atoms with Crippen molar-refractivity contribution in [1.82, 2.24) is 14.6 Å². The summed E-state index contributed by atoms with van der Waals surface area (Å²) in [5.74, 6) is 0. The molecule has 0 N–H and O–H groups in total. The molecule has 70 valence electrons. The molecular weight excluding hydrogens is 214 g/mol. The summed E-state index contributed by atoms with van der Waals surface area (Å²) >= 11 is 3.32. The summed E-state index contributed by atoms with van der Waals surface area (Å²) in [4.78, 5) is 6.66. The van der Waals surface area contributed by atoms with E-state index in [1.165, 1.54) is 4.88 Å². The summed E-state index contributed by atoms with van der Waals surface area (Å²) in [6, 6.07) is 4.11. The second-order valence-corrected chi connectivity index (χ2v) is 5.06. The lowest BCUT2D eigenvalue weighted by molar-refractivity contribution is 0.946. The van der Waals surface area contributed by atoms with Crippen LogP contribution in [0.2, 0.25) is 0 Å². The van der Waals surface area contributed by atoms with Gasteiger partial charge in [0.2, 0.25) is 4.96 Å². The van der Waals surface area contributed by atoms with Crippen LogP contribution in [0.25, 0.3) is 15.5 Å². The van der Waals surface area contributed by atoms with Gasteiger partial charge in [-0.1, -0.05) is 17.4 Å². The minimum Gasteiger partial charge on any atom is -0.217 e. The van der Waals surface area contributed by atoms with Crippen LogP contribution in [0.15, 0.2) is 23.7 Å². The molecule has 0 aliphatic heterocycles. The second kappa shape index (κ2) is 2.90. The Morgan fingerprint density at radius 3 is 3.07 bits per heavy atom. The Bertz CT molecular complexity index is 530. The summed E-state index contributed by atoms with van der Waals surface area (Å²) < 4.78 is 1.84. The highest BCUT2D eigenvalue weighted by atomic mass is 32.1. The average molecular weight is 221 g/mol. The Morgan fingerprint density at radius 1 is 1.43 bits per heavy atom. The van der Waals surface area contributed by atoms with Gasteiger partial charge in [-0.2, -0.15) is 5.10 Å². The van der Waals surface area contributed by atoms with Crippen LogP contribution in [-0.4, -0.2) is 14.6 Å². The van der Waals surface area contributed by atoms with Gasteiger partial charge in [-0.25, -0.2) is 9.50 Å². The molecule has 0 fully saturated rings. The van der Waals surface area contributed by atoms with Gasteiger partial charge in [0.25, 0.3) is 0 Å². The third-order valence-corrected chi connectivity index (χ3v) is 3.65. The normalized spacial score (nSPS) is 11.2. The predicted molar refractivity (Wildman–Crippen MR) is 58.9 cm³/mol. The molecule has 3 rings (SSSR count). The smallest absolute Gasteiger partial charge is 0.212 e. The van der Waals surface area contributed by atoms with Crippen molar-refractivity contribution < 1.29 is 0 Å². The van der Waals surface area contributed by atoms with Crippen LogP contribution in [0.3, 0.4) is 0 Å². The van der Waals surface area contributed by atoms with Crippen molar-refractivity contribution in [2.45, 2.75) is 6.92 Å². The molecule has 0 radical (unpaired) electrons. The maximum atomic E-state index is 4.51. The quantitative estimate of drug-likeness (QED) is 0.632. The molecule has 0 spiro atoms. The lowest BCUT2D eigenvalue weighted by atomic mass is 10.4. The number of hydrogen-bond acceptors (Lipinski definition) is 4. The Balaban J connectivity index is 2.20. The number of hydrogen-bond donors (Lipinski definition) is 0. The average Bonchev–Trinajstić information content (AvgIpc) is 2.74. The molecule has 0 saturated heterocycles. The Labute approximate surface area is 88.7 Å². The van der Waals surface area contributed by atoms with Crippen LogP contribution in [0.1, 0.15) is 5.01 Å². The summed E-state index contributed by atoms with van der Waals surface area (Å²) in [5.41, 5.74) is 1.01. The molecule has 0 aliphatic rings. The van der Waals surface area contributed by atoms with Crippen molar-refractivity contribution in [2.24, 2.45) is 0 Å². The van der Waals surface area contributed by atoms with E-state index in [0.717, 1.165) is 15.7 Å². The SMILES string of the molecule is Cc1nn2cc(-c3cccs3)nc2s1. The Kier molecular flexibility index (Phi) is 1.68. The zero-order valence-corrected chi connectivity index (χ0v) is 9.10. The lowest BCUT2D eigenvalue weighted by Crippen LogP contribution is -1.79. The molecule has 0 bridgehead atoms. The first-order valence-corrected chi connectivity index (χ1v) is 5.89. The number of rotatable bonds is 1. The molecular formula is C9H7N3S2. The first-order valence-electron chi connectivity index (χ1n) is 4.19. The van der Waals surface area contributed by atoms with Gasteiger partial charge < -0.3 is 0 Å². The molecule has 0 aromatic carbocycles. The van der Waals surface area contributed by atoms with Crippen molar-refractivity contribution in [3.05, 3.63) is 28.7 Å². The van der Waals surface area contributed by atoms with Gasteiger partial charge in [0.15, 0.2) is 0 Å². The lowest BCUT2D eigenvalue weighted by Gasteiger charge is -1.85. The highest BCUT2D eigenvalue weighted by Crippen LogP contribution is 2.25. The van der Waals surface area contributed by atoms with Crippen LogP contribution < -0.4 is 0 Å². The number of nitrogens with zero attached hydrogens (tertiary/aromatic N) is 3. The Morgan fingerprint density at radius 2 is 2.36 bits per heavy atom. The van der Waals surface area contributed by atoms with E-state index in [4.69, 9.17) is 0 Å². The van der Waals surface area contributed by atoms with Gasteiger partial charge in [0.1, 0.15) is 10.7 Å². The van der Waals surface area contributed by atoms with Gasteiger partial charge in [-0.3, -0.25) is 0 Å². The molecule has 5 heteroatoms. The van der Waals surface area contributed by atoms with E-state index in [9.17, 15) is 0 Å². The van der Waals surface area contributed by atoms with Crippen LogP contribution in [0, 0.1) is 6.92 Å². The number of imidazole rings is 1. The minimum absolute atomic E-state index is 0.964. The molecule has 3 heterocycles. The zero-order valence-electron chi connectivity index (χ0n) is 7.47. The van der Waals surface area contributed by atoms with Crippen LogP contribution in [-0.2, 0) is 0 Å². The standard InChI is InChI=1S/C9H7N3S2/c1-6-11-12-5-7(10-9(12)14-6)8-3-2-4-13-8/h2-5H,1H3. The summed E-state index contributed by atoms with van der Waals surface area (Å²) in [5, 5.41) is 7.42. The predicted octanol–water partition coefficient (Wildman–Crippen LogP) is 2.83. The molecule has 3 nitrogen and oxygen atoms in total. The fourth-order valence-electron chi connectivity index (χ4n) is 1.34. The molecule has 0 unspecified atom stereocenters. The van der Waals surface area contributed by atoms with Gasteiger partial charge in [0, 0.05) is 0 Å². The first-order chi connectivity index (χ1) is 6.83. The van der Waals surface area contributed by atoms with Crippen LogP contribution >= 0.6 is 22.7 Å². The summed E-state index contributed by atoms with van der Waals surface area (Å²) in [7, 11) is 0. The van der Waals surface area contributed by atoms with E-state index in [2.05, 4.69) is 21.5 Å². The van der Waals surface area contributed by atoms with Crippen LogP contribution in [0.5, 0.6) is 0 Å². The third kappa shape index (κ3) is 1.17. The number of aryl methyl sites for hydroxylation is 1. The van der Waals surface area contributed by atoms with Crippen molar-refractivity contribution in [2.75, 3.05) is 0 Å². The fraction of sp³-hybridized carbons (Fsp3) is 0.111. The maximum Gasteiger partial charge on any atom is 0.212 e. The number of thiophene rings is 1. The Hall–Kier alpha value is -1.20. The van der Waals surface area contributed by atoms with Crippen molar-refractivity contribution in [3.8, 4) is 10.6 Å². The largest absolute Gasteiger partial charge is 0.217 e. The van der Waals surface area contributed by atoms with Crippen LogP contribution in [0.4, 0.5) is 0 Å². The van der Waals surface area contributed by atoms with E-state index in [1.807, 2.05) is 23.7 Å². The number of aromatic nitrogens is 3. The van der Waals surface area contributed by atoms with E-state index >= 15 is 0 Å². The highest BCUT2D eigenvalue weighted by molar-refractivity contribution is 7.16. The van der Waals surface area contributed by atoms with Gasteiger partial charge >= 0.3 is 0 Å². The molecule has 0 atom stereocenters. The summed E-state index contributed by atoms with van der Waals surface area (Å²) in [6.07, 6.45) is 1.98. The van der Waals surface area contributed by atoms with Gasteiger partial charge in [0.05, 0.1) is 11.1 Å². The van der Waals surface area contributed by atoms with Gasteiger partial charge in [-0.15, -0.1) is 11.3 Å². The maximum absolute atomic E-state index is 4.51. The molecule has 0 aliphatic carbocycles. The number of fused-ring (bicyclic) bond motifs is 1. The highest BCUT2D eigenvalue weighted by Gasteiger charge is 2.07. The third-order valence-electron chi connectivity index (χ3n) is 1.92. The van der Waals surface area contributed by atoms with E-state index in [0.29, 0.717) is 0 Å². The first kappa shape index (κ1) is 8.14. The van der Waals surface area contributed by atoms with E-state index in [-0.39, 0.29) is 0 Å². The van der Waals surface area contributed by atoms with Crippen molar-refractivity contribution >= 4 is 27.6 Å². The van der Waals surface area contributed by atoms with E-state index in [1.54, 1.807) is 22.7 Å². The molecule has 14 heavy (non-hydrogen) atoms. The molecule has 3 aromatic rings. The molecule has 0 amide bonds. The van der Waals surface area contributed by atoms with Gasteiger partial charge in [-0.05, 0) is 18.4 Å². The molecule has 0 saturated carbocycles. The monoisotopic (exact) mass is 221 g/mol. The topological polar surface area (TPSA) is 30.2 Å². The van der Waals surface area contributed by atoms with Crippen molar-refractivity contribution in [3.63, 3.8) is 0 Å². The minimum atomic E-state index is 0.964. The zero-order chi connectivity index (χ0) is 9.54. The summed E-state index contributed by atoms with van der Waals surface area (Å²) in [6.45, 7) is 1.99. The fourth-order valence-corrected chi connectivity index (χ4v) is 2.75. The van der Waals surface area contributed by atoms with E-state index < -0.39 is 0 Å². The van der Waals surface area contributed by atoms with Crippen molar-refractivity contribution in [1.29, 1.82) is 0 Å².